The van der Waals surface area contributed by atoms with Crippen LogP contribution in [0.5, 0.6) is 0 Å². The highest BCUT2D eigenvalue weighted by atomic mass is 32.2. The number of hydrogen-bond acceptors (Lipinski definition) is 7. The molecule has 8 heteroatoms. The standard InChI is InChI=1S/C26H31N3O4S/c27-26(9-12-30)22(16-24(31)32)8-7-19-5-6-21(15-23(19)26)25(33)20-3-1-18(2-4-20)17-28-29-10-13-34-14-11-29/h1-6,15,17,22,30H,7-14,16,27H2,(H,31,32). The largest absolute Gasteiger partial charge is 0.481 e. The summed E-state index contributed by atoms with van der Waals surface area (Å²) in [5, 5.41) is 25.6. The minimum absolute atomic E-state index is 0.0621. The predicted octanol–water partition coefficient (Wildman–Crippen LogP) is 2.87. The van der Waals surface area contributed by atoms with Crippen molar-refractivity contribution in [2.45, 2.75) is 31.2 Å². The molecule has 2 aliphatic rings. The third-order valence-corrected chi connectivity index (χ3v) is 7.78. The predicted molar refractivity (Wildman–Crippen MR) is 134 cm³/mol. The van der Waals surface area contributed by atoms with Crippen LogP contribution >= 0.6 is 11.8 Å². The number of aliphatic hydroxyl groups excluding tert-OH is 1. The second kappa shape index (κ2) is 10.7. The van der Waals surface area contributed by atoms with Crippen molar-refractivity contribution in [3.8, 4) is 0 Å². The van der Waals surface area contributed by atoms with Crippen molar-refractivity contribution < 1.29 is 19.8 Å². The van der Waals surface area contributed by atoms with E-state index in [0.717, 1.165) is 41.3 Å². The average molecular weight is 482 g/mol. The molecule has 0 bridgehead atoms. The summed E-state index contributed by atoms with van der Waals surface area (Å²) < 4.78 is 0. The first-order valence-corrected chi connectivity index (χ1v) is 12.8. The number of carbonyl (C=O) groups is 2. The van der Waals surface area contributed by atoms with E-state index in [9.17, 15) is 19.8 Å². The van der Waals surface area contributed by atoms with Gasteiger partial charge in [0.05, 0.1) is 12.6 Å². The molecule has 1 aliphatic carbocycles. The van der Waals surface area contributed by atoms with E-state index in [2.05, 4.69) is 10.1 Å². The Labute approximate surface area is 204 Å². The summed E-state index contributed by atoms with van der Waals surface area (Å²) in [5.41, 5.74) is 9.55. The maximum absolute atomic E-state index is 13.2. The molecule has 1 aliphatic heterocycles. The van der Waals surface area contributed by atoms with Crippen LogP contribution in [-0.2, 0) is 16.8 Å². The second-order valence-electron chi connectivity index (χ2n) is 8.98. The third-order valence-electron chi connectivity index (χ3n) is 6.84. The van der Waals surface area contributed by atoms with Gasteiger partial charge in [0.15, 0.2) is 5.78 Å². The molecule has 180 valence electrons. The van der Waals surface area contributed by atoms with Crippen molar-refractivity contribution in [3.63, 3.8) is 0 Å². The maximum Gasteiger partial charge on any atom is 0.303 e. The maximum atomic E-state index is 13.2. The molecule has 1 saturated heterocycles. The molecule has 7 nitrogen and oxygen atoms in total. The first-order valence-electron chi connectivity index (χ1n) is 11.7. The second-order valence-corrected chi connectivity index (χ2v) is 10.2. The summed E-state index contributed by atoms with van der Waals surface area (Å²) >= 11 is 1.94. The Kier molecular flexibility index (Phi) is 7.70. The van der Waals surface area contributed by atoms with Crippen LogP contribution in [0.3, 0.4) is 0 Å². The van der Waals surface area contributed by atoms with Crippen LogP contribution in [0.4, 0.5) is 0 Å². The highest BCUT2D eigenvalue weighted by Gasteiger charge is 2.42. The van der Waals surface area contributed by atoms with Gasteiger partial charge < -0.3 is 15.9 Å². The summed E-state index contributed by atoms with van der Waals surface area (Å²) in [6.07, 6.45) is 3.36. The molecular formula is C26H31N3O4S. The van der Waals surface area contributed by atoms with E-state index in [1.807, 2.05) is 42.2 Å². The van der Waals surface area contributed by atoms with E-state index < -0.39 is 11.5 Å². The monoisotopic (exact) mass is 481 g/mol. The van der Waals surface area contributed by atoms with Gasteiger partial charge in [-0.15, -0.1) is 0 Å². The Hall–Kier alpha value is -2.68. The first kappa shape index (κ1) is 24.4. The van der Waals surface area contributed by atoms with Crippen molar-refractivity contribution in [2.24, 2.45) is 16.8 Å². The molecule has 4 N–H and O–H groups in total. The number of carboxylic acid groups (broad SMARTS) is 1. The Bertz CT molecular complexity index is 1070. The number of nitrogens with two attached hydrogens (primary N) is 1. The van der Waals surface area contributed by atoms with Crippen LogP contribution in [0.1, 0.15) is 51.9 Å². The molecular weight excluding hydrogens is 450 g/mol. The van der Waals surface area contributed by atoms with Crippen molar-refractivity contribution in [3.05, 3.63) is 70.3 Å². The molecule has 0 aromatic heterocycles. The Morgan fingerprint density at radius 3 is 2.53 bits per heavy atom. The molecule has 34 heavy (non-hydrogen) atoms. The number of carbonyl (C=O) groups excluding carboxylic acids is 1. The highest BCUT2D eigenvalue weighted by Crippen LogP contribution is 2.42. The fraction of sp³-hybridized carbons (Fsp3) is 0.423. The molecule has 2 aromatic carbocycles. The quantitative estimate of drug-likeness (QED) is 0.392. The van der Waals surface area contributed by atoms with Crippen LogP contribution in [0, 0.1) is 5.92 Å². The van der Waals surface area contributed by atoms with Gasteiger partial charge in [-0.25, -0.2) is 0 Å². The van der Waals surface area contributed by atoms with Crippen LogP contribution in [0.25, 0.3) is 0 Å². The molecule has 0 saturated carbocycles. The zero-order chi connectivity index (χ0) is 24.1. The van der Waals surface area contributed by atoms with E-state index in [0.29, 0.717) is 24.0 Å². The van der Waals surface area contributed by atoms with Crippen LogP contribution in [0.15, 0.2) is 47.6 Å². The van der Waals surface area contributed by atoms with Crippen LogP contribution in [0.2, 0.25) is 0 Å². The number of carboxylic acids is 1. The number of nitrogens with zero attached hydrogens (tertiary/aromatic N) is 2. The number of aliphatic carboxylic acids is 1. The highest BCUT2D eigenvalue weighted by molar-refractivity contribution is 7.99. The molecule has 2 unspecified atom stereocenters. The van der Waals surface area contributed by atoms with Gasteiger partial charge in [0, 0.05) is 47.9 Å². The third kappa shape index (κ3) is 5.35. The van der Waals surface area contributed by atoms with E-state index in [1.54, 1.807) is 18.2 Å². The fourth-order valence-electron chi connectivity index (χ4n) is 4.90. The molecule has 0 radical (unpaired) electrons. The van der Waals surface area contributed by atoms with Gasteiger partial charge in [0.1, 0.15) is 0 Å². The lowest BCUT2D eigenvalue weighted by Crippen LogP contribution is -2.49. The normalized spacial score (nSPS) is 22.5. The van der Waals surface area contributed by atoms with Gasteiger partial charge in [-0.1, -0.05) is 36.4 Å². The zero-order valence-electron chi connectivity index (χ0n) is 19.2. The van der Waals surface area contributed by atoms with Gasteiger partial charge in [0.25, 0.3) is 0 Å². The SMILES string of the molecule is NC1(CCO)c2cc(C(=O)c3ccc(C=NN4CCSCC4)cc3)ccc2CCC1CC(=O)O. The van der Waals surface area contributed by atoms with Crippen molar-refractivity contribution in [1.29, 1.82) is 0 Å². The van der Waals surface area contributed by atoms with Gasteiger partial charge in [-0.05, 0) is 47.9 Å². The Morgan fingerprint density at radius 2 is 1.85 bits per heavy atom. The molecule has 4 rings (SSSR count). The van der Waals surface area contributed by atoms with E-state index in [-0.39, 0.29) is 31.1 Å². The number of aliphatic hydroxyl groups is 1. The smallest absolute Gasteiger partial charge is 0.303 e. The van der Waals surface area contributed by atoms with Gasteiger partial charge in [-0.2, -0.15) is 16.9 Å². The lowest BCUT2D eigenvalue weighted by molar-refractivity contribution is -0.139. The van der Waals surface area contributed by atoms with Gasteiger partial charge >= 0.3 is 5.97 Å². The van der Waals surface area contributed by atoms with E-state index in [4.69, 9.17) is 5.73 Å². The number of ketones is 1. The summed E-state index contributed by atoms with van der Waals surface area (Å²) in [7, 11) is 0. The lowest BCUT2D eigenvalue weighted by Gasteiger charge is -2.42. The number of fused-ring (bicyclic) bond motifs is 1. The van der Waals surface area contributed by atoms with Crippen molar-refractivity contribution >= 4 is 29.7 Å². The molecule has 1 fully saturated rings. The molecule has 0 amide bonds. The summed E-state index contributed by atoms with van der Waals surface area (Å²) in [6.45, 7) is 1.74. The summed E-state index contributed by atoms with van der Waals surface area (Å²) in [5.74, 6) is 0.852. The van der Waals surface area contributed by atoms with Crippen molar-refractivity contribution in [1.82, 2.24) is 5.01 Å². The summed E-state index contributed by atoms with van der Waals surface area (Å²) in [6, 6.07) is 12.9. The van der Waals surface area contributed by atoms with Crippen LogP contribution in [-0.4, -0.2) is 64.4 Å². The first-order chi connectivity index (χ1) is 16.4. The van der Waals surface area contributed by atoms with Crippen LogP contribution < -0.4 is 5.73 Å². The topological polar surface area (TPSA) is 116 Å². The number of thioether (sulfide) groups is 1. The zero-order valence-corrected chi connectivity index (χ0v) is 20.0. The van der Waals surface area contributed by atoms with E-state index >= 15 is 0 Å². The van der Waals surface area contributed by atoms with Crippen molar-refractivity contribution in [2.75, 3.05) is 31.2 Å². The number of benzene rings is 2. The van der Waals surface area contributed by atoms with Gasteiger partial charge in [0.2, 0.25) is 0 Å². The number of rotatable bonds is 8. The molecule has 0 spiro atoms. The number of hydrazone groups is 1. The molecule has 2 atom stereocenters. The Balaban J connectivity index is 1.55. The average Bonchev–Trinajstić information content (AvgIpc) is 2.85. The minimum atomic E-state index is -0.982. The molecule has 2 aromatic rings. The van der Waals surface area contributed by atoms with E-state index in [1.165, 1.54) is 0 Å². The molecule has 1 heterocycles. The lowest BCUT2D eigenvalue weighted by atomic mass is 9.66. The number of aryl methyl sites for hydroxylation is 1. The fourth-order valence-corrected chi connectivity index (χ4v) is 5.78. The minimum Gasteiger partial charge on any atom is -0.481 e. The number of hydrogen-bond donors (Lipinski definition) is 3. The Morgan fingerprint density at radius 1 is 1.15 bits per heavy atom. The summed E-state index contributed by atoms with van der Waals surface area (Å²) in [4.78, 5) is 24.7. The van der Waals surface area contributed by atoms with Gasteiger partial charge in [-0.3, -0.25) is 14.6 Å².